The molecule has 17 heavy (non-hydrogen) atoms. The number of hydrogen-bond acceptors (Lipinski definition) is 3. The lowest BCUT2D eigenvalue weighted by Gasteiger charge is -2.20. The molecule has 0 spiro atoms. The van der Waals surface area contributed by atoms with Gasteiger partial charge in [-0.25, -0.2) is 0 Å². The van der Waals surface area contributed by atoms with Gasteiger partial charge in [0.15, 0.2) is 0 Å². The molecule has 2 aliphatic rings. The standard InChI is InChI=1S/C14H29N3/c1-13(2)15-14-6-11-17(12-14)10-5-9-16-7-3-4-8-16/h13-15H,3-12H2,1-2H3. The monoisotopic (exact) mass is 239 g/mol. The molecule has 100 valence electrons. The molecule has 2 saturated heterocycles. The Bertz CT molecular complexity index is 212. The van der Waals surface area contributed by atoms with Crippen molar-refractivity contribution in [1.82, 2.24) is 15.1 Å². The van der Waals surface area contributed by atoms with Gasteiger partial charge in [0.1, 0.15) is 0 Å². The molecular formula is C14H29N3. The summed E-state index contributed by atoms with van der Waals surface area (Å²) in [5, 5.41) is 3.65. The van der Waals surface area contributed by atoms with E-state index in [1.54, 1.807) is 0 Å². The fourth-order valence-electron chi connectivity index (χ4n) is 3.17. The van der Waals surface area contributed by atoms with E-state index in [1.807, 2.05) is 0 Å². The molecule has 0 radical (unpaired) electrons. The van der Waals surface area contributed by atoms with Crippen molar-refractivity contribution >= 4 is 0 Å². The van der Waals surface area contributed by atoms with E-state index in [0.29, 0.717) is 6.04 Å². The van der Waals surface area contributed by atoms with Crippen molar-refractivity contribution < 1.29 is 0 Å². The Morgan fingerprint density at radius 1 is 1.06 bits per heavy atom. The van der Waals surface area contributed by atoms with Crippen molar-refractivity contribution in [1.29, 1.82) is 0 Å². The maximum absolute atomic E-state index is 3.65. The lowest BCUT2D eigenvalue weighted by molar-refractivity contribution is 0.275. The van der Waals surface area contributed by atoms with Gasteiger partial charge in [-0.15, -0.1) is 0 Å². The topological polar surface area (TPSA) is 18.5 Å². The molecule has 0 amide bonds. The molecule has 0 aromatic heterocycles. The summed E-state index contributed by atoms with van der Waals surface area (Å²) in [6.45, 7) is 12.4. The smallest absolute Gasteiger partial charge is 0.0209 e. The third-order valence-electron chi connectivity index (χ3n) is 3.99. The Kier molecular flexibility index (Phi) is 5.26. The van der Waals surface area contributed by atoms with Gasteiger partial charge in [-0.2, -0.15) is 0 Å². The van der Waals surface area contributed by atoms with Crippen molar-refractivity contribution in [2.45, 2.75) is 51.6 Å². The number of nitrogens with one attached hydrogen (secondary N) is 1. The second-order valence-electron chi connectivity index (χ2n) is 6.01. The minimum absolute atomic E-state index is 0.629. The normalized spacial score (nSPS) is 27.4. The predicted molar refractivity (Wildman–Crippen MR) is 73.4 cm³/mol. The lowest BCUT2D eigenvalue weighted by atomic mass is 10.2. The largest absolute Gasteiger partial charge is 0.310 e. The van der Waals surface area contributed by atoms with Crippen LogP contribution in [-0.4, -0.2) is 61.2 Å². The van der Waals surface area contributed by atoms with Crippen molar-refractivity contribution in [2.24, 2.45) is 0 Å². The first-order valence-electron chi connectivity index (χ1n) is 7.45. The number of nitrogens with zero attached hydrogens (tertiary/aromatic N) is 2. The van der Waals surface area contributed by atoms with E-state index in [4.69, 9.17) is 0 Å². The highest BCUT2D eigenvalue weighted by atomic mass is 15.2. The van der Waals surface area contributed by atoms with Gasteiger partial charge in [0.05, 0.1) is 0 Å². The Labute approximate surface area is 107 Å². The van der Waals surface area contributed by atoms with E-state index in [1.165, 1.54) is 65.0 Å². The highest BCUT2D eigenvalue weighted by Crippen LogP contribution is 2.12. The molecule has 3 nitrogen and oxygen atoms in total. The molecule has 0 aromatic rings. The fourth-order valence-corrected chi connectivity index (χ4v) is 3.17. The number of hydrogen-bond donors (Lipinski definition) is 1. The van der Waals surface area contributed by atoms with E-state index in [0.717, 1.165) is 6.04 Å². The molecule has 0 aromatic carbocycles. The summed E-state index contributed by atoms with van der Waals surface area (Å²) in [5.74, 6) is 0. The van der Waals surface area contributed by atoms with Crippen molar-refractivity contribution in [3.63, 3.8) is 0 Å². The highest BCUT2D eigenvalue weighted by molar-refractivity contribution is 4.82. The summed E-state index contributed by atoms with van der Waals surface area (Å²) in [7, 11) is 0. The van der Waals surface area contributed by atoms with E-state index in [9.17, 15) is 0 Å². The molecule has 2 fully saturated rings. The summed E-state index contributed by atoms with van der Waals surface area (Å²) < 4.78 is 0. The van der Waals surface area contributed by atoms with Crippen LogP contribution < -0.4 is 5.32 Å². The van der Waals surface area contributed by atoms with Crippen LogP contribution in [0.1, 0.15) is 39.5 Å². The van der Waals surface area contributed by atoms with Gasteiger partial charge < -0.3 is 15.1 Å². The second-order valence-corrected chi connectivity index (χ2v) is 6.01. The molecule has 1 atom stereocenters. The maximum atomic E-state index is 3.65. The lowest BCUT2D eigenvalue weighted by Crippen LogP contribution is -2.37. The molecule has 2 heterocycles. The molecule has 2 rings (SSSR count). The van der Waals surface area contributed by atoms with Gasteiger partial charge in [0, 0.05) is 18.6 Å². The molecule has 3 heteroatoms. The van der Waals surface area contributed by atoms with Crippen LogP contribution in [0.15, 0.2) is 0 Å². The summed E-state index contributed by atoms with van der Waals surface area (Å²) in [4.78, 5) is 5.26. The van der Waals surface area contributed by atoms with Gasteiger partial charge >= 0.3 is 0 Å². The van der Waals surface area contributed by atoms with Crippen LogP contribution in [0.5, 0.6) is 0 Å². The first-order valence-corrected chi connectivity index (χ1v) is 7.45. The maximum Gasteiger partial charge on any atom is 0.0209 e. The minimum Gasteiger partial charge on any atom is -0.310 e. The van der Waals surface area contributed by atoms with E-state index < -0.39 is 0 Å². The summed E-state index contributed by atoms with van der Waals surface area (Å²) in [6.07, 6.45) is 5.53. The predicted octanol–water partition coefficient (Wildman–Crippen LogP) is 1.54. The van der Waals surface area contributed by atoms with Gasteiger partial charge in [-0.05, 0) is 58.4 Å². The third-order valence-corrected chi connectivity index (χ3v) is 3.99. The van der Waals surface area contributed by atoms with Crippen LogP contribution in [0.4, 0.5) is 0 Å². The van der Waals surface area contributed by atoms with Gasteiger partial charge in [0.25, 0.3) is 0 Å². The van der Waals surface area contributed by atoms with Crippen LogP contribution in [-0.2, 0) is 0 Å². The fraction of sp³-hybridized carbons (Fsp3) is 1.00. The Balaban J connectivity index is 1.54. The van der Waals surface area contributed by atoms with Crippen molar-refractivity contribution in [3.05, 3.63) is 0 Å². The third kappa shape index (κ3) is 4.57. The number of rotatable bonds is 6. The zero-order valence-electron chi connectivity index (χ0n) is 11.6. The number of likely N-dealkylation sites (tertiary alicyclic amines) is 2. The van der Waals surface area contributed by atoms with E-state index in [-0.39, 0.29) is 0 Å². The molecule has 1 unspecified atom stereocenters. The molecule has 0 bridgehead atoms. The molecule has 1 N–H and O–H groups in total. The second kappa shape index (κ2) is 6.72. The van der Waals surface area contributed by atoms with Crippen molar-refractivity contribution in [3.8, 4) is 0 Å². The average molecular weight is 239 g/mol. The first-order chi connectivity index (χ1) is 8.24. The van der Waals surface area contributed by atoms with E-state index in [2.05, 4.69) is 29.0 Å². The van der Waals surface area contributed by atoms with E-state index >= 15 is 0 Å². The Morgan fingerprint density at radius 2 is 1.76 bits per heavy atom. The molecule has 2 aliphatic heterocycles. The molecule has 0 aliphatic carbocycles. The van der Waals surface area contributed by atoms with Gasteiger partial charge in [-0.1, -0.05) is 13.8 Å². The highest BCUT2D eigenvalue weighted by Gasteiger charge is 2.22. The van der Waals surface area contributed by atoms with Crippen LogP contribution in [0.25, 0.3) is 0 Å². The first kappa shape index (κ1) is 13.3. The minimum atomic E-state index is 0.629. The van der Waals surface area contributed by atoms with Gasteiger partial charge in [-0.3, -0.25) is 0 Å². The summed E-state index contributed by atoms with van der Waals surface area (Å²) >= 11 is 0. The Morgan fingerprint density at radius 3 is 2.47 bits per heavy atom. The quantitative estimate of drug-likeness (QED) is 0.758. The van der Waals surface area contributed by atoms with Crippen LogP contribution in [0, 0.1) is 0 Å². The van der Waals surface area contributed by atoms with Crippen LogP contribution in [0.3, 0.4) is 0 Å². The zero-order valence-corrected chi connectivity index (χ0v) is 11.6. The summed E-state index contributed by atoms with van der Waals surface area (Å²) in [5.41, 5.74) is 0. The van der Waals surface area contributed by atoms with Crippen LogP contribution >= 0.6 is 0 Å². The zero-order chi connectivity index (χ0) is 12.1. The Hall–Kier alpha value is -0.120. The molecule has 0 saturated carbocycles. The SMILES string of the molecule is CC(C)NC1CCN(CCCN2CCCC2)C1. The molecular weight excluding hydrogens is 210 g/mol. The summed E-state index contributed by atoms with van der Waals surface area (Å²) in [6, 6.07) is 1.37. The van der Waals surface area contributed by atoms with Crippen molar-refractivity contribution in [2.75, 3.05) is 39.3 Å². The van der Waals surface area contributed by atoms with Gasteiger partial charge in [0.2, 0.25) is 0 Å². The van der Waals surface area contributed by atoms with Crippen LogP contribution in [0.2, 0.25) is 0 Å². The average Bonchev–Trinajstić information content (AvgIpc) is 2.89.